The predicted molar refractivity (Wildman–Crippen MR) is 102 cm³/mol. The van der Waals surface area contributed by atoms with Gasteiger partial charge in [0.25, 0.3) is 0 Å². The van der Waals surface area contributed by atoms with Crippen LogP contribution in [0.2, 0.25) is 0 Å². The second-order valence-corrected chi connectivity index (χ2v) is 4.73. The van der Waals surface area contributed by atoms with Gasteiger partial charge in [-0.2, -0.15) is 0 Å². The molecule has 1 aromatic heterocycles. The normalized spacial score (nSPS) is 9.08. The summed E-state index contributed by atoms with van der Waals surface area (Å²) >= 11 is 0. The van der Waals surface area contributed by atoms with Gasteiger partial charge in [0.2, 0.25) is 0 Å². The number of pyridine rings is 1. The number of nitrogens with zero attached hydrogens (tertiary/aromatic N) is 4. The molecule has 0 saturated heterocycles. The molecule has 1 rings (SSSR count). The van der Waals surface area contributed by atoms with E-state index >= 15 is 0 Å². The summed E-state index contributed by atoms with van der Waals surface area (Å²) in [4.78, 5) is 6.31. The van der Waals surface area contributed by atoms with E-state index in [2.05, 4.69) is 29.0 Å². The van der Waals surface area contributed by atoms with Gasteiger partial charge in [-0.3, -0.25) is 4.98 Å². The van der Waals surface area contributed by atoms with Gasteiger partial charge in [-0.05, 0) is 31.8 Å². The van der Waals surface area contributed by atoms with Crippen molar-refractivity contribution in [3.8, 4) is 0 Å². The first kappa shape index (κ1) is 28.0. The maximum Gasteiger partial charge on any atom is 5.00 e. The van der Waals surface area contributed by atoms with Crippen molar-refractivity contribution in [2.45, 2.75) is 33.7 Å². The molecule has 7 heteroatoms. The monoisotopic (exact) mass is 376 g/mol. The van der Waals surface area contributed by atoms with E-state index < -0.39 is 0 Å². The smallest absolute Gasteiger partial charge is 0.814 e. The molecule has 0 unspecified atom stereocenters. The van der Waals surface area contributed by atoms with Gasteiger partial charge in [0, 0.05) is 11.9 Å². The maximum absolute atomic E-state index is 7.44. The molecule has 0 bridgehead atoms. The average molecular weight is 376 g/mol. The molecule has 0 aromatic carbocycles. The van der Waals surface area contributed by atoms with Crippen molar-refractivity contribution in [2.75, 3.05) is 39.3 Å². The molecule has 0 fully saturated rings. The molecule has 0 spiro atoms. The molecule has 0 aliphatic rings. The minimum Gasteiger partial charge on any atom is -0.814 e. The standard InChI is InChI=1S/C12H20N5.C3H8.C2H4N.Fe/c13-4-8-17(9-5-14)10-7-15-11-12-3-1-2-6-16-12;1-3-2;1-2-3;/h1-3,6,13-14H,4-5,7-11H2;3H2,1-2H3;2H,1H3;/q-3;;-1;+5. The summed E-state index contributed by atoms with van der Waals surface area (Å²) in [5, 5.41) is 11.9. The molecule has 1 aromatic rings. The van der Waals surface area contributed by atoms with Gasteiger partial charge in [0.15, 0.2) is 0 Å². The van der Waals surface area contributed by atoms with Crippen LogP contribution in [0, 0.1) is 0 Å². The van der Waals surface area contributed by atoms with Crippen molar-refractivity contribution in [3.05, 3.63) is 52.3 Å². The van der Waals surface area contributed by atoms with Crippen molar-refractivity contribution in [1.82, 2.24) is 9.88 Å². The molecule has 137 valence electrons. The van der Waals surface area contributed by atoms with Crippen LogP contribution in [0.1, 0.15) is 32.9 Å². The molecule has 0 saturated carbocycles. The quantitative estimate of drug-likeness (QED) is 0.362. The molecule has 1 heterocycles. The first-order valence-corrected chi connectivity index (χ1v) is 8.16. The number of aromatic nitrogens is 1. The van der Waals surface area contributed by atoms with Crippen LogP contribution in [0.3, 0.4) is 0 Å². The topological polar surface area (TPSA) is 100 Å². The van der Waals surface area contributed by atoms with Crippen LogP contribution >= 0.6 is 0 Å². The van der Waals surface area contributed by atoms with Crippen molar-refractivity contribution in [1.29, 1.82) is 0 Å². The van der Waals surface area contributed by atoms with Gasteiger partial charge >= 0.3 is 17.1 Å². The SMILES string of the molecule is CC=[N-].CCC.[Fe+5].[NH-]CCN(CC[NH-])CC[N-]Cc1ccccn1. The summed E-state index contributed by atoms with van der Waals surface area (Å²) in [5.41, 5.74) is 15.4. The number of nitrogens with one attached hydrogen (secondary N) is 2. The Labute approximate surface area is 158 Å². The van der Waals surface area contributed by atoms with Crippen LogP contribution in [-0.4, -0.2) is 55.4 Å². The van der Waals surface area contributed by atoms with Crippen LogP contribution < -0.4 is 0 Å². The first-order chi connectivity index (χ1) is 11.2. The largest absolute Gasteiger partial charge is 5.00 e. The van der Waals surface area contributed by atoms with Crippen molar-refractivity contribution < 1.29 is 17.1 Å². The fourth-order valence-electron chi connectivity index (χ4n) is 1.55. The van der Waals surface area contributed by atoms with E-state index in [0.717, 1.165) is 38.1 Å². The van der Waals surface area contributed by atoms with Crippen LogP contribution in [-0.2, 0) is 23.6 Å². The summed E-state index contributed by atoms with van der Waals surface area (Å²) in [5.74, 6) is 0. The Bertz CT molecular complexity index is 331. The minimum absolute atomic E-state index is 0. The molecular weight excluding hydrogens is 344 g/mol. The van der Waals surface area contributed by atoms with E-state index in [9.17, 15) is 0 Å². The van der Waals surface area contributed by atoms with Gasteiger partial charge in [-0.1, -0.05) is 33.3 Å². The Hall–Kier alpha value is -0.821. The third kappa shape index (κ3) is 21.2. The van der Waals surface area contributed by atoms with E-state index in [0.29, 0.717) is 19.6 Å². The third-order valence-electron chi connectivity index (χ3n) is 2.43. The fourth-order valence-corrected chi connectivity index (χ4v) is 1.55. The van der Waals surface area contributed by atoms with E-state index in [1.807, 2.05) is 18.2 Å². The number of hydrogen-bond donors (Lipinski definition) is 0. The number of rotatable bonds is 9. The Morgan fingerprint density at radius 2 is 1.71 bits per heavy atom. The molecule has 0 atom stereocenters. The van der Waals surface area contributed by atoms with E-state index in [1.165, 1.54) is 6.42 Å². The fraction of sp³-hybridized carbons (Fsp3) is 0.647. The second-order valence-electron chi connectivity index (χ2n) is 4.73. The summed E-state index contributed by atoms with van der Waals surface area (Å²) in [6, 6.07) is 5.83. The maximum atomic E-state index is 7.44. The van der Waals surface area contributed by atoms with Crippen LogP contribution in [0.5, 0.6) is 0 Å². The predicted octanol–water partition coefficient (Wildman–Crippen LogP) is 4.42. The van der Waals surface area contributed by atoms with Crippen LogP contribution in [0.25, 0.3) is 22.2 Å². The molecular formula is C17H32FeN6+. The van der Waals surface area contributed by atoms with Gasteiger partial charge in [-0.25, -0.2) is 6.21 Å². The number of hydrogen-bond acceptors (Lipinski definition) is 2. The van der Waals surface area contributed by atoms with Gasteiger partial charge in [-0.15, -0.1) is 26.2 Å². The second kappa shape index (κ2) is 24.4. The van der Waals surface area contributed by atoms with Crippen LogP contribution in [0.15, 0.2) is 24.4 Å². The van der Waals surface area contributed by atoms with Crippen molar-refractivity contribution in [2.24, 2.45) is 0 Å². The Kier molecular flexibility index (Phi) is 28.5. The van der Waals surface area contributed by atoms with E-state index in [1.54, 1.807) is 13.1 Å². The molecule has 1 radical (unpaired) electrons. The van der Waals surface area contributed by atoms with Crippen LogP contribution in [0.4, 0.5) is 0 Å². The molecule has 0 aliphatic carbocycles. The van der Waals surface area contributed by atoms with Crippen molar-refractivity contribution in [3.63, 3.8) is 0 Å². The van der Waals surface area contributed by atoms with E-state index in [4.69, 9.17) is 16.9 Å². The Morgan fingerprint density at radius 3 is 2.12 bits per heavy atom. The zero-order chi connectivity index (χ0) is 17.8. The zero-order valence-electron chi connectivity index (χ0n) is 15.2. The molecule has 6 nitrogen and oxygen atoms in total. The Morgan fingerprint density at radius 1 is 1.17 bits per heavy atom. The molecule has 0 amide bonds. The minimum atomic E-state index is 0. The molecule has 2 N–H and O–H groups in total. The van der Waals surface area contributed by atoms with Crippen molar-refractivity contribution >= 4 is 6.21 Å². The average Bonchev–Trinajstić information content (AvgIpc) is 2.54. The summed E-state index contributed by atoms with van der Waals surface area (Å²) in [7, 11) is 0. The van der Waals surface area contributed by atoms with Gasteiger partial charge in [0.05, 0.1) is 0 Å². The molecule has 24 heavy (non-hydrogen) atoms. The Balaban J connectivity index is -0.000000550. The van der Waals surface area contributed by atoms with E-state index in [-0.39, 0.29) is 17.1 Å². The molecule has 0 aliphatic heterocycles. The van der Waals surface area contributed by atoms with Gasteiger partial charge in [0.1, 0.15) is 0 Å². The first-order valence-electron chi connectivity index (χ1n) is 8.16. The van der Waals surface area contributed by atoms with Gasteiger partial charge < -0.3 is 27.1 Å². The third-order valence-corrected chi connectivity index (χ3v) is 2.43. The summed E-state index contributed by atoms with van der Waals surface area (Å²) in [6.45, 7) is 10.3. The summed E-state index contributed by atoms with van der Waals surface area (Å²) < 4.78 is 0. The summed E-state index contributed by atoms with van der Waals surface area (Å²) in [6.07, 6.45) is 4.03. The zero-order valence-corrected chi connectivity index (χ0v) is 16.3.